The van der Waals surface area contributed by atoms with Crippen LogP contribution in [0.15, 0.2) is 77.7 Å². The Morgan fingerprint density at radius 1 is 0.915 bits per heavy atom. The summed E-state index contributed by atoms with van der Waals surface area (Å²) >= 11 is 3.15. The summed E-state index contributed by atoms with van der Waals surface area (Å²) in [5.74, 6) is -0.683. The average Bonchev–Trinajstić information content (AvgIpc) is 3.74. The number of aliphatic hydroxyl groups is 1. The van der Waals surface area contributed by atoms with Gasteiger partial charge < -0.3 is 34.8 Å². The molecule has 5 rings (SSSR count). The summed E-state index contributed by atoms with van der Waals surface area (Å²) < 4.78 is 18.2. The van der Waals surface area contributed by atoms with Crippen LogP contribution < -0.4 is 24.3 Å². The second kappa shape index (κ2) is 24.9. The third-order valence-corrected chi connectivity index (χ3v) is 6.24. The van der Waals surface area contributed by atoms with Crippen molar-refractivity contribution < 1.29 is 63.3 Å². The fraction of sp³-hybridized carbons (Fsp3) is 0.355. The van der Waals surface area contributed by atoms with E-state index in [1.807, 2.05) is 36.4 Å². The fourth-order valence-electron chi connectivity index (χ4n) is 3.65. The monoisotopic (exact) mass is 712 g/mol. The molecule has 1 aliphatic rings. The van der Waals surface area contributed by atoms with Crippen LogP contribution in [0.4, 0.5) is 0 Å². The fourth-order valence-corrected chi connectivity index (χ4v) is 4.16. The number of rotatable bonds is 6. The molecule has 13 nitrogen and oxygen atoms in total. The van der Waals surface area contributed by atoms with Crippen molar-refractivity contribution in [1.29, 1.82) is 0 Å². The molecular weight excluding hydrogens is 670 g/mol. The molecule has 16 heteroatoms. The second-order valence-corrected chi connectivity index (χ2v) is 9.88. The summed E-state index contributed by atoms with van der Waals surface area (Å²) in [4.78, 5) is 22.9. The number of hydrogen-bond acceptors (Lipinski definition) is 11. The van der Waals surface area contributed by atoms with Crippen LogP contribution in [-0.4, -0.2) is 85.4 Å². The van der Waals surface area contributed by atoms with Gasteiger partial charge in [-0.2, -0.15) is 10.2 Å². The van der Waals surface area contributed by atoms with Crippen LogP contribution in [0.5, 0.6) is 0 Å². The molecule has 0 spiro atoms. The molecule has 0 saturated carbocycles. The van der Waals surface area contributed by atoms with E-state index in [9.17, 15) is 9.59 Å². The van der Waals surface area contributed by atoms with Crippen molar-refractivity contribution in [3.63, 3.8) is 0 Å². The molecule has 0 amide bonds. The Labute approximate surface area is 296 Å². The molecule has 3 heterocycles. The summed E-state index contributed by atoms with van der Waals surface area (Å²) in [6.07, 6.45) is 4.67. The predicted octanol–water partition coefficient (Wildman–Crippen LogP) is 0.568. The zero-order valence-electron chi connectivity index (χ0n) is 26.6. The van der Waals surface area contributed by atoms with Gasteiger partial charge in [-0.25, -0.2) is 9.59 Å². The first-order valence-electron chi connectivity index (χ1n) is 13.9. The summed E-state index contributed by atoms with van der Waals surface area (Å²) in [7, 11) is 2.19. The standard InChI is InChI=1S/C13H14N2O2.C7H9BrN2O2.C6H7BO2.C4H8O2.CH4.Li.H2O/c1-3-17-13(16)11-9-15(2)14-12(11)10-7-5-4-6-8-10;1-3-12-7(11)5-4-10(2)9-6(5)8;8-7(9)6-4-2-1-3-5-6;5-4-2-1-3-6-4;;;/h4-9H,3H2,1-2H3;4H,3H2,1-2H3;1-5,8-9H;4-5H,1-3H2;1H4;;1H2/q;;;;;+1;/p-1. The van der Waals surface area contributed by atoms with Gasteiger partial charge >= 0.3 is 37.9 Å². The summed E-state index contributed by atoms with van der Waals surface area (Å²) in [6, 6.07) is 18.3. The van der Waals surface area contributed by atoms with Gasteiger partial charge in [0.15, 0.2) is 6.29 Å². The van der Waals surface area contributed by atoms with Crippen molar-refractivity contribution in [2.45, 2.75) is 40.4 Å². The number of ether oxygens (including phenoxy) is 3. The van der Waals surface area contributed by atoms with Gasteiger partial charge in [0.1, 0.15) is 21.4 Å². The molecule has 4 aromatic rings. The molecule has 1 unspecified atom stereocenters. The van der Waals surface area contributed by atoms with Gasteiger partial charge in [-0.05, 0) is 41.7 Å². The number of carbonyl (C=O) groups is 2. The number of carbonyl (C=O) groups excluding carboxylic acids is 2. The van der Waals surface area contributed by atoms with Gasteiger partial charge in [0.25, 0.3) is 0 Å². The van der Waals surface area contributed by atoms with E-state index in [4.69, 9.17) is 29.4 Å². The van der Waals surface area contributed by atoms with E-state index >= 15 is 0 Å². The molecule has 1 aliphatic heterocycles. The number of aliphatic hydroxyl groups excluding tert-OH is 1. The van der Waals surface area contributed by atoms with Crippen LogP contribution in [-0.2, 0) is 28.3 Å². The number of aryl methyl sites for hydroxylation is 2. The molecule has 0 bridgehead atoms. The van der Waals surface area contributed by atoms with Gasteiger partial charge in [0.05, 0.1) is 13.2 Å². The molecule has 4 N–H and O–H groups in total. The molecule has 1 fully saturated rings. The summed E-state index contributed by atoms with van der Waals surface area (Å²) in [5.41, 5.74) is 3.06. The van der Waals surface area contributed by atoms with Gasteiger partial charge in [0.2, 0.25) is 0 Å². The SMILES string of the molecule is C.CCOC(=O)c1cn(C)nc1-c1ccccc1.CCOC(=O)c1cn(C)nc1Br.OB(O)c1ccccc1.OC1CCCO1.[Li+].[OH-]. The quantitative estimate of drug-likeness (QED) is 0.187. The zero-order chi connectivity index (χ0) is 32.5. The van der Waals surface area contributed by atoms with Crippen LogP contribution in [0.2, 0.25) is 0 Å². The molecule has 2 aromatic carbocycles. The Balaban J connectivity index is 0. The maximum absolute atomic E-state index is 11.8. The molecule has 1 saturated heterocycles. The van der Waals surface area contributed by atoms with Crippen LogP contribution in [0, 0.1) is 0 Å². The van der Waals surface area contributed by atoms with Gasteiger partial charge in [-0.3, -0.25) is 9.36 Å². The Morgan fingerprint density at radius 3 is 1.79 bits per heavy atom. The van der Waals surface area contributed by atoms with Crippen molar-refractivity contribution in [1.82, 2.24) is 19.6 Å². The van der Waals surface area contributed by atoms with E-state index in [1.54, 1.807) is 74.0 Å². The third-order valence-electron chi connectivity index (χ3n) is 5.65. The number of benzene rings is 2. The van der Waals surface area contributed by atoms with Gasteiger partial charge in [0, 0.05) is 45.1 Å². The van der Waals surface area contributed by atoms with E-state index in [-0.39, 0.29) is 43.7 Å². The maximum Gasteiger partial charge on any atom is 1.00 e. The van der Waals surface area contributed by atoms with Crippen LogP contribution >= 0.6 is 15.9 Å². The number of halogens is 1. The van der Waals surface area contributed by atoms with E-state index < -0.39 is 13.4 Å². The third kappa shape index (κ3) is 16.4. The molecule has 0 radical (unpaired) electrons. The average molecular weight is 713 g/mol. The Bertz CT molecular complexity index is 1420. The van der Waals surface area contributed by atoms with Crippen molar-refractivity contribution in [3.8, 4) is 11.3 Å². The van der Waals surface area contributed by atoms with Crippen molar-refractivity contribution >= 4 is 40.4 Å². The minimum Gasteiger partial charge on any atom is -0.870 e. The second-order valence-electron chi connectivity index (χ2n) is 9.13. The van der Waals surface area contributed by atoms with Gasteiger partial charge in [-0.15, -0.1) is 0 Å². The molecule has 47 heavy (non-hydrogen) atoms. The summed E-state index contributed by atoms with van der Waals surface area (Å²) in [6.45, 7) is 5.03. The van der Waals surface area contributed by atoms with Crippen molar-refractivity contribution in [3.05, 3.63) is 88.8 Å². The Hall–Kier alpha value is -3.26. The van der Waals surface area contributed by atoms with E-state index in [2.05, 4.69) is 26.1 Å². The first-order chi connectivity index (χ1) is 21.1. The normalized spacial score (nSPS) is 12.4. The minimum atomic E-state index is -1.34. The Kier molecular flexibility index (Phi) is 24.3. The minimum absolute atomic E-state index is 0. The first kappa shape index (κ1) is 45.9. The smallest absolute Gasteiger partial charge is 0.870 e. The maximum atomic E-state index is 11.8. The summed E-state index contributed by atoms with van der Waals surface area (Å²) in [5, 5.41) is 33.9. The van der Waals surface area contributed by atoms with E-state index in [0.29, 0.717) is 40.1 Å². The van der Waals surface area contributed by atoms with Crippen molar-refractivity contribution in [2.75, 3.05) is 19.8 Å². The van der Waals surface area contributed by atoms with Gasteiger partial charge in [-0.1, -0.05) is 68.1 Å². The topological polar surface area (TPSA) is 188 Å². The molecular formula is C31H43BBrLiN4O9. The van der Waals surface area contributed by atoms with E-state index in [1.165, 1.54) is 0 Å². The van der Waals surface area contributed by atoms with Crippen molar-refractivity contribution in [2.24, 2.45) is 14.1 Å². The van der Waals surface area contributed by atoms with Crippen LogP contribution in [0.1, 0.15) is 54.8 Å². The van der Waals surface area contributed by atoms with Crippen LogP contribution in [0.3, 0.4) is 0 Å². The van der Waals surface area contributed by atoms with Crippen LogP contribution in [0.25, 0.3) is 11.3 Å². The number of hydrogen-bond donors (Lipinski definition) is 3. The van der Waals surface area contributed by atoms with E-state index in [0.717, 1.165) is 25.0 Å². The molecule has 252 valence electrons. The molecule has 0 aliphatic carbocycles. The number of aromatic nitrogens is 4. The number of esters is 2. The Morgan fingerprint density at radius 2 is 1.40 bits per heavy atom. The molecule has 1 atom stereocenters. The first-order valence-corrected chi connectivity index (χ1v) is 14.7. The number of nitrogens with zero attached hydrogens (tertiary/aromatic N) is 4. The predicted molar refractivity (Wildman–Crippen MR) is 178 cm³/mol. The zero-order valence-corrected chi connectivity index (χ0v) is 28.2. The largest absolute Gasteiger partial charge is 1.00 e. The molecule has 2 aromatic heterocycles.